The lowest BCUT2D eigenvalue weighted by molar-refractivity contribution is -0.191. The van der Waals surface area contributed by atoms with E-state index in [0.29, 0.717) is 0 Å². The summed E-state index contributed by atoms with van der Waals surface area (Å²) in [6, 6.07) is 0. The molecule has 0 aromatic carbocycles. The van der Waals surface area contributed by atoms with E-state index in [1.165, 1.54) is 0 Å². The Morgan fingerprint density at radius 3 is 0.458 bits per heavy atom. The van der Waals surface area contributed by atoms with Crippen molar-refractivity contribution in [2.45, 2.75) is 0 Å². The Kier molecular flexibility index (Phi) is 5.12. The molecular formula is C12H12O12. The molecule has 1 aliphatic carbocycles. The molecule has 1 rings (SSSR count). The van der Waals surface area contributed by atoms with Gasteiger partial charge in [0.2, 0.25) is 0 Å². The van der Waals surface area contributed by atoms with Crippen LogP contribution in [0, 0.1) is 35.5 Å². The van der Waals surface area contributed by atoms with Crippen molar-refractivity contribution in [2.75, 3.05) is 0 Å². The second kappa shape index (κ2) is 6.52. The van der Waals surface area contributed by atoms with Gasteiger partial charge in [0.1, 0.15) is 0 Å². The second-order valence-corrected chi connectivity index (χ2v) is 5.18. The summed E-state index contributed by atoms with van der Waals surface area (Å²) < 4.78 is 0. The first-order chi connectivity index (χ1) is 10.9. The van der Waals surface area contributed by atoms with E-state index in [0.717, 1.165) is 0 Å². The maximum atomic E-state index is 11.3. The van der Waals surface area contributed by atoms with Crippen LogP contribution in [0.1, 0.15) is 0 Å². The first kappa shape index (κ1) is 18.9. The fourth-order valence-corrected chi connectivity index (χ4v) is 3.18. The summed E-state index contributed by atoms with van der Waals surface area (Å²) in [6.07, 6.45) is 0. The van der Waals surface area contributed by atoms with Crippen molar-refractivity contribution in [3.63, 3.8) is 0 Å². The number of rotatable bonds is 6. The SMILES string of the molecule is O=C(O)C1C(C(=O)O)[C@H](C(=O)O)[C@@H](C(=O)O)[C@H](C(=O)O)[C@@H]1C(=O)O. The van der Waals surface area contributed by atoms with E-state index < -0.39 is 71.3 Å². The van der Waals surface area contributed by atoms with Gasteiger partial charge in [-0.2, -0.15) is 0 Å². The number of hydrogen-bond donors (Lipinski definition) is 6. The molecule has 132 valence electrons. The molecule has 0 amide bonds. The highest BCUT2D eigenvalue weighted by Gasteiger charge is 2.64. The Labute approximate surface area is 131 Å². The van der Waals surface area contributed by atoms with Crippen LogP contribution in [-0.2, 0) is 28.8 Å². The summed E-state index contributed by atoms with van der Waals surface area (Å²) in [6.45, 7) is 0. The Morgan fingerprint density at radius 2 is 0.417 bits per heavy atom. The summed E-state index contributed by atoms with van der Waals surface area (Å²) in [5.74, 6) is -26.9. The third-order valence-corrected chi connectivity index (χ3v) is 4.03. The van der Waals surface area contributed by atoms with Crippen molar-refractivity contribution in [1.29, 1.82) is 0 Å². The summed E-state index contributed by atoms with van der Waals surface area (Å²) in [4.78, 5) is 68.0. The fourth-order valence-electron chi connectivity index (χ4n) is 3.18. The van der Waals surface area contributed by atoms with Gasteiger partial charge in [-0.3, -0.25) is 28.8 Å². The van der Waals surface area contributed by atoms with Gasteiger partial charge in [-0.1, -0.05) is 0 Å². The Hall–Kier alpha value is -3.18. The van der Waals surface area contributed by atoms with E-state index in [1.807, 2.05) is 0 Å². The number of carbonyl (C=O) groups is 6. The van der Waals surface area contributed by atoms with Crippen molar-refractivity contribution in [2.24, 2.45) is 35.5 Å². The maximum absolute atomic E-state index is 11.3. The van der Waals surface area contributed by atoms with E-state index >= 15 is 0 Å². The van der Waals surface area contributed by atoms with E-state index in [9.17, 15) is 28.8 Å². The van der Waals surface area contributed by atoms with Gasteiger partial charge in [-0.05, 0) is 0 Å². The van der Waals surface area contributed by atoms with Crippen LogP contribution in [0.25, 0.3) is 0 Å². The summed E-state index contributed by atoms with van der Waals surface area (Å²) >= 11 is 0. The van der Waals surface area contributed by atoms with Crippen molar-refractivity contribution in [1.82, 2.24) is 0 Å². The van der Waals surface area contributed by atoms with Gasteiger partial charge >= 0.3 is 35.8 Å². The molecule has 0 aliphatic heterocycles. The topological polar surface area (TPSA) is 224 Å². The highest BCUT2D eigenvalue weighted by Crippen LogP contribution is 2.47. The lowest BCUT2D eigenvalue weighted by Crippen LogP contribution is -2.59. The zero-order valence-corrected chi connectivity index (χ0v) is 11.6. The average molecular weight is 348 g/mol. The van der Waals surface area contributed by atoms with Gasteiger partial charge in [0, 0.05) is 0 Å². The normalized spacial score (nSPS) is 32.5. The van der Waals surface area contributed by atoms with Crippen LogP contribution in [0.5, 0.6) is 0 Å². The minimum Gasteiger partial charge on any atom is -0.481 e. The van der Waals surface area contributed by atoms with Crippen LogP contribution in [0.3, 0.4) is 0 Å². The first-order valence-corrected chi connectivity index (χ1v) is 6.30. The lowest BCUT2D eigenvalue weighted by Gasteiger charge is -2.42. The van der Waals surface area contributed by atoms with Crippen molar-refractivity contribution in [3.05, 3.63) is 0 Å². The van der Waals surface area contributed by atoms with E-state index in [-0.39, 0.29) is 0 Å². The lowest BCUT2D eigenvalue weighted by atomic mass is 9.56. The highest BCUT2D eigenvalue weighted by atomic mass is 16.4. The van der Waals surface area contributed by atoms with Gasteiger partial charge in [-0.15, -0.1) is 0 Å². The molecule has 0 radical (unpaired) electrons. The molecule has 24 heavy (non-hydrogen) atoms. The van der Waals surface area contributed by atoms with Crippen LogP contribution in [-0.4, -0.2) is 66.5 Å². The predicted octanol–water partition coefficient (Wildman–Crippen LogP) is -1.80. The number of carboxylic acid groups (broad SMARTS) is 6. The smallest absolute Gasteiger partial charge is 0.308 e. The molecule has 0 saturated heterocycles. The first-order valence-electron chi connectivity index (χ1n) is 6.30. The van der Waals surface area contributed by atoms with E-state index in [4.69, 9.17) is 30.6 Å². The predicted molar refractivity (Wildman–Crippen MR) is 66.8 cm³/mol. The van der Waals surface area contributed by atoms with Crippen LogP contribution < -0.4 is 0 Å². The molecule has 0 aromatic heterocycles. The molecule has 1 saturated carbocycles. The molecule has 6 N–H and O–H groups in total. The van der Waals surface area contributed by atoms with Crippen LogP contribution in [0.4, 0.5) is 0 Å². The third-order valence-electron chi connectivity index (χ3n) is 4.03. The Bertz CT molecular complexity index is 470. The van der Waals surface area contributed by atoms with Crippen LogP contribution >= 0.6 is 0 Å². The van der Waals surface area contributed by atoms with Gasteiger partial charge in [0.15, 0.2) is 0 Å². The molecular weight excluding hydrogens is 336 g/mol. The van der Waals surface area contributed by atoms with Crippen molar-refractivity contribution < 1.29 is 59.4 Å². The summed E-state index contributed by atoms with van der Waals surface area (Å²) in [5.41, 5.74) is 0. The zero-order valence-electron chi connectivity index (χ0n) is 11.6. The van der Waals surface area contributed by atoms with Crippen molar-refractivity contribution in [3.8, 4) is 0 Å². The second-order valence-electron chi connectivity index (χ2n) is 5.18. The van der Waals surface area contributed by atoms with Gasteiger partial charge in [-0.25, -0.2) is 0 Å². The van der Waals surface area contributed by atoms with E-state index in [1.54, 1.807) is 0 Å². The number of carboxylic acids is 6. The molecule has 12 nitrogen and oxygen atoms in total. The molecule has 0 aromatic rings. The van der Waals surface area contributed by atoms with Gasteiger partial charge in [0.25, 0.3) is 0 Å². The maximum Gasteiger partial charge on any atom is 0.308 e. The van der Waals surface area contributed by atoms with Crippen molar-refractivity contribution >= 4 is 35.8 Å². The monoisotopic (exact) mass is 348 g/mol. The minimum absolute atomic E-state index is 2.05. The molecule has 0 unspecified atom stereocenters. The molecule has 0 heterocycles. The quantitative estimate of drug-likeness (QED) is 0.313. The van der Waals surface area contributed by atoms with Gasteiger partial charge in [0.05, 0.1) is 35.5 Å². The Morgan fingerprint density at radius 1 is 0.333 bits per heavy atom. The molecule has 0 bridgehead atoms. The Balaban J connectivity index is 3.77. The molecule has 0 atom stereocenters. The molecule has 1 aliphatic rings. The largest absolute Gasteiger partial charge is 0.481 e. The summed E-state index contributed by atoms with van der Waals surface area (Å²) in [5, 5.41) is 54.8. The molecule has 1 fully saturated rings. The minimum atomic E-state index is -2.43. The van der Waals surface area contributed by atoms with Crippen LogP contribution in [0.2, 0.25) is 0 Å². The van der Waals surface area contributed by atoms with E-state index in [2.05, 4.69) is 0 Å². The zero-order chi connectivity index (χ0) is 18.9. The standard InChI is InChI=1S/C12H12O12/c13-7(14)1-2(8(15)16)4(10(19)20)6(12(23)24)5(11(21)22)3(1)9(17)18/h1-6H,(H,13,14)(H,15,16)(H,17,18)(H,19,20)(H,21,22)(H,23,24)/t1-,2-,3-,4+,5?,6?/m0/s1. The highest BCUT2D eigenvalue weighted by molar-refractivity contribution is 5.96. The van der Waals surface area contributed by atoms with Gasteiger partial charge < -0.3 is 30.6 Å². The molecule has 0 spiro atoms. The summed E-state index contributed by atoms with van der Waals surface area (Å²) in [7, 11) is 0. The fraction of sp³-hybridized carbons (Fsp3) is 0.500. The third kappa shape index (κ3) is 2.98. The van der Waals surface area contributed by atoms with Crippen LogP contribution in [0.15, 0.2) is 0 Å². The number of aliphatic carboxylic acids is 6. The molecule has 12 heteroatoms. The number of hydrogen-bond acceptors (Lipinski definition) is 6. The average Bonchev–Trinajstić information content (AvgIpc) is 2.42.